The van der Waals surface area contributed by atoms with E-state index in [1.54, 1.807) is 6.20 Å². The SMILES string of the molecule is NC(=Cc1c[nH]c2ccccc12)C(=O)O. The number of nitrogens with one attached hydrogen (secondary N) is 1. The molecule has 1 aromatic carbocycles. The summed E-state index contributed by atoms with van der Waals surface area (Å²) in [5.74, 6) is -1.11. The van der Waals surface area contributed by atoms with Crippen LogP contribution < -0.4 is 5.73 Å². The number of H-pyrrole nitrogens is 1. The van der Waals surface area contributed by atoms with Crippen molar-refractivity contribution < 1.29 is 9.90 Å². The Morgan fingerprint density at radius 3 is 2.87 bits per heavy atom. The molecule has 0 saturated carbocycles. The molecular formula is C11H10N2O2. The molecule has 2 rings (SSSR count). The summed E-state index contributed by atoms with van der Waals surface area (Å²) in [6, 6.07) is 7.63. The third-order valence-electron chi connectivity index (χ3n) is 2.18. The van der Waals surface area contributed by atoms with Gasteiger partial charge in [-0.25, -0.2) is 4.79 Å². The van der Waals surface area contributed by atoms with Gasteiger partial charge in [-0.2, -0.15) is 0 Å². The van der Waals surface area contributed by atoms with E-state index in [4.69, 9.17) is 10.8 Å². The van der Waals surface area contributed by atoms with Crippen molar-refractivity contribution in [2.24, 2.45) is 5.73 Å². The lowest BCUT2D eigenvalue weighted by Crippen LogP contribution is -2.08. The molecule has 0 fully saturated rings. The van der Waals surface area contributed by atoms with Crippen molar-refractivity contribution in [1.82, 2.24) is 4.98 Å². The zero-order chi connectivity index (χ0) is 10.8. The van der Waals surface area contributed by atoms with Crippen LogP contribution in [0.4, 0.5) is 0 Å². The molecule has 0 radical (unpaired) electrons. The van der Waals surface area contributed by atoms with Gasteiger partial charge in [0, 0.05) is 22.7 Å². The van der Waals surface area contributed by atoms with Crippen molar-refractivity contribution in [3.63, 3.8) is 0 Å². The average molecular weight is 202 g/mol. The van der Waals surface area contributed by atoms with Gasteiger partial charge in [0.15, 0.2) is 0 Å². The van der Waals surface area contributed by atoms with E-state index in [1.165, 1.54) is 6.08 Å². The Balaban J connectivity index is 2.54. The Bertz CT molecular complexity index is 540. The van der Waals surface area contributed by atoms with Gasteiger partial charge in [0.25, 0.3) is 0 Å². The topological polar surface area (TPSA) is 79.1 Å². The predicted molar refractivity (Wildman–Crippen MR) is 58.1 cm³/mol. The van der Waals surface area contributed by atoms with Crippen molar-refractivity contribution in [3.05, 3.63) is 41.7 Å². The maximum atomic E-state index is 10.6. The highest BCUT2D eigenvalue weighted by Crippen LogP contribution is 2.19. The molecule has 1 heterocycles. The number of carboxylic acid groups (broad SMARTS) is 1. The predicted octanol–water partition coefficient (Wildman–Crippen LogP) is 1.55. The number of carbonyl (C=O) groups is 1. The van der Waals surface area contributed by atoms with E-state index in [0.29, 0.717) is 0 Å². The normalized spacial score (nSPS) is 11.9. The summed E-state index contributed by atoms with van der Waals surface area (Å²) in [5.41, 5.74) is 6.92. The van der Waals surface area contributed by atoms with Gasteiger partial charge in [-0.3, -0.25) is 0 Å². The number of para-hydroxylation sites is 1. The van der Waals surface area contributed by atoms with E-state index in [0.717, 1.165) is 16.5 Å². The minimum absolute atomic E-state index is 0.167. The Morgan fingerprint density at radius 2 is 2.13 bits per heavy atom. The molecule has 0 unspecified atom stereocenters. The monoisotopic (exact) mass is 202 g/mol. The number of hydrogen-bond acceptors (Lipinski definition) is 2. The number of carboxylic acids is 1. The summed E-state index contributed by atoms with van der Waals surface area (Å²) >= 11 is 0. The van der Waals surface area contributed by atoms with E-state index in [1.807, 2.05) is 24.3 Å². The summed E-state index contributed by atoms with van der Waals surface area (Å²) in [5, 5.41) is 9.61. The Labute approximate surface area is 86.0 Å². The van der Waals surface area contributed by atoms with Gasteiger partial charge in [-0.05, 0) is 12.1 Å². The zero-order valence-electron chi connectivity index (χ0n) is 7.90. The molecule has 76 valence electrons. The van der Waals surface area contributed by atoms with Gasteiger partial charge in [0.2, 0.25) is 0 Å². The molecular weight excluding hydrogens is 192 g/mol. The number of benzene rings is 1. The van der Waals surface area contributed by atoms with Gasteiger partial charge < -0.3 is 15.8 Å². The van der Waals surface area contributed by atoms with Crippen LogP contribution in [0.3, 0.4) is 0 Å². The lowest BCUT2D eigenvalue weighted by Gasteiger charge is -1.93. The second-order valence-electron chi connectivity index (χ2n) is 3.19. The van der Waals surface area contributed by atoms with Gasteiger partial charge in [0.05, 0.1) is 0 Å². The van der Waals surface area contributed by atoms with Crippen LogP contribution in [0.5, 0.6) is 0 Å². The standard InChI is InChI=1S/C11H10N2O2/c12-9(11(14)15)5-7-6-13-10-4-2-1-3-8(7)10/h1-6,13H,12H2,(H,14,15). The van der Waals surface area contributed by atoms with Crippen molar-refractivity contribution in [2.45, 2.75) is 0 Å². The number of nitrogens with two attached hydrogens (primary N) is 1. The number of aromatic amines is 1. The third kappa shape index (κ3) is 1.69. The molecule has 2 aromatic rings. The van der Waals surface area contributed by atoms with Crippen molar-refractivity contribution >= 4 is 22.9 Å². The number of rotatable bonds is 2. The second-order valence-corrected chi connectivity index (χ2v) is 3.19. The van der Waals surface area contributed by atoms with E-state index in [2.05, 4.69) is 4.98 Å². The molecule has 4 nitrogen and oxygen atoms in total. The van der Waals surface area contributed by atoms with Crippen LogP contribution in [0.2, 0.25) is 0 Å². The first-order valence-electron chi connectivity index (χ1n) is 4.45. The maximum Gasteiger partial charge on any atom is 0.351 e. The van der Waals surface area contributed by atoms with Gasteiger partial charge in [0.1, 0.15) is 5.70 Å². The highest BCUT2D eigenvalue weighted by atomic mass is 16.4. The average Bonchev–Trinajstić information content (AvgIpc) is 2.62. The molecule has 0 aliphatic heterocycles. The van der Waals surface area contributed by atoms with Crippen LogP contribution in [0.1, 0.15) is 5.56 Å². The minimum atomic E-state index is -1.11. The molecule has 0 aliphatic rings. The molecule has 0 aliphatic carbocycles. The third-order valence-corrected chi connectivity index (χ3v) is 2.18. The first kappa shape index (κ1) is 9.33. The van der Waals surface area contributed by atoms with E-state index >= 15 is 0 Å². The number of fused-ring (bicyclic) bond motifs is 1. The summed E-state index contributed by atoms with van der Waals surface area (Å²) in [4.78, 5) is 13.6. The van der Waals surface area contributed by atoms with Gasteiger partial charge >= 0.3 is 5.97 Å². The molecule has 0 spiro atoms. The Kier molecular flexibility index (Phi) is 2.17. The van der Waals surface area contributed by atoms with Crippen LogP contribution in [-0.4, -0.2) is 16.1 Å². The lowest BCUT2D eigenvalue weighted by atomic mass is 10.1. The maximum absolute atomic E-state index is 10.6. The molecule has 4 N–H and O–H groups in total. The first-order valence-corrected chi connectivity index (χ1v) is 4.45. The smallest absolute Gasteiger partial charge is 0.351 e. The highest BCUT2D eigenvalue weighted by Gasteiger charge is 2.04. The van der Waals surface area contributed by atoms with E-state index < -0.39 is 5.97 Å². The first-order chi connectivity index (χ1) is 7.18. The summed E-state index contributed by atoms with van der Waals surface area (Å²) < 4.78 is 0. The molecule has 1 aromatic heterocycles. The molecule has 15 heavy (non-hydrogen) atoms. The van der Waals surface area contributed by atoms with Gasteiger partial charge in [-0.15, -0.1) is 0 Å². The number of aromatic nitrogens is 1. The Hall–Kier alpha value is -2.23. The van der Waals surface area contributed by atoms with Crippen molar-refractivity contribution in [2.75, 3.05) is 0 Å². The second kappa shape index (κ2) is 3.49. The van der Waals surface area contributed by atoms with Crippen molar-refractivity contribution in [1.29, 1.82) is 0 Å². The fraction of sp³-hybridized carbons (Fsp3) is 0. The van der Waals surface area contributed by atoms with Crippen LogP contribution in [0.15, 0.2) is 36.2 Å². The summed E-state index contributed by atoms with van der Waals surface area (Å²) in [6.45, 7) is 0. The molecule has 0 saturated heterocycles. The molecule has 4 heteroatoms. The fourth-order valence-electron chi connectivity index (χ4n) is 1.44. The van der Waals surface area contributed by atoms with Crippen molar-refractivity contribution in [3.8, 4) is 0 Å². The molecule has 0 atom stereocenters. The summed E-state index contributed by atoms with van der Waals surface area (Å²) in [6.07, 6.45) is 3.18. The Morgan fingerprint density at radius 1 is 1.40 bits per heavy atom. The van der Waals surface area contributed by atoms with E-state index in [9.17, 15) is 4.79 Å². The molecule has 0 amide bonds. The fourth-order valence-corrected chi connectivity index (χ4v) is 1.44. The van der Waals surface area contributed by atoms with Crippen LogP contribution in [0.25, 0.3) is 17.0 Å². The van der Waals surface area contributed by atoms with E-state index in [-0.39, 0.29) is 5.70 Å². The molecule has 0 bridgehead atoms. The van der Waals surface area contributed by atoms with Crippen LogP contribution >= 0.6 is 0 Å². The highest BCUT2D eigenvalue weighted by molar-refractivity contribution is 5.96. The lowest BCUT2D eigenvalue weighted by molar-refractivity contribution is -0.132. The number of hydrogen-bond donors (Lipinski definition) is 3. The minimum Gasteiger partial charge on any atom is -0.477 e. The largest absolute Gasteiger partial charge is 0.477 e. The van der Waals surface area contributed by atoms with Crippen LogP contribution in [0, 0.1) is 0 Å². The summed E-state index contributed by atoms with van der Waals surface area (Å²) in [7, 11) is 0. The van der Waals surface area contributed by atoms with Crippen LogP contribution in [-0.2, 0) is 4.79 Å². The zero-order valence-corrected chi connectivity index (χ0v) is 7.90. The quantitative estimate of drug-likeness (QED) is 0.646. The number of aliphatic carboxylic acids is 1. The van der Waals surface area contributed by atoms with Gasteiger partial charge in [-0.1, -0.05) is 18.2 Å².